The third-order valence-corrected chi connectivity index (χ3v) is 1.97. The maximum absolute atomic E-state index is 9.42. The Bertz CT molecular complexity index is 308. The lowest BCUT2D eigenvalue weighted by Crippen LogP contribution is -1.92. The molecule has 1 atom stereocenters. The van der Waals surface area contributed by atoms with E-state index in [1.807, 2.05) is 31.2 Å². The van der Waals surface area contributed by atoms with E-state index in [9.17, 15) is 5.11 Å². The molecule has 68 valence electrons. The van der Waals surface area contributed by atoms with Gasteiger partial charge < -0.3 is 5.11 Å². The summed E-state index contributed by atoms with van der Waals surface area (Å²) in [5.74, 6) is 0. The number of benzene rings is 1. The second-order valence-electron chi connectivity index (χ2n) is 3.08. The van der Waals surface area contributed by atoms with E-state index in [0.29, 0.717) is 0 Å². The zero-order chi connectivity index (χ0) is 9.84. The topological polar surface area (TPSA) is 20.2 Å². The molecular formula is C12H14O. The summed E-state index contributed by atoms with van der Waals surface area (Å²) in [7, 11) is 0. The van der Waals surface area contributed by atoms with Gasteiger partial charge in [-0.15, -0.1) is 6.58 Å². The average molecular weight is 174 g/mol. The highest BCUT2D eigenvalue weighted by molar-refractivity contribution is 5.61. The number of aliphatic hydroxyl groups excluding tert-OH is 1. The molecule has 0 spiro atoms. The fourth-order valence-corrected chi connectivity index (χ4v) is 1.10. The summed E-state index contributed by atoms with van der Waals surface area (Å²) in [6.45, 7) is 9.32. The fourth-order valence-electron chi connectivity index (χ4n) is 1.10. The van der Waals surface area contributed by atoms with E-state index in [4.69, 9.17) is 0 Å². The van der Waals surface area contributed by atoms with E-state index in [0.717, 1.165) is 16.7 Å². The van der Waals surface area contributed by atoms with Crippen LogP contribution in [0.1, 0.15) is 24.2 Å². The van der Waals surface area contributed by atoms with Crippen LogP contribution in [-0.4, -0.2) is 5.11 Å². The highest BCUT2D eigenvalue weighted by atomic mass is 16.3. The van der Waals surface area contributed by atoms with Crippen molar-refractivity contribution in [2.45, 2.75) is 13.0 Å². The van der Waals surface area contributed by atoms with Crippen molar-refractivity contribution in [3.63, 3.8) is 0 Å². The molecule has 0 saturated heterocycles. The molecule has 0 amide bonds. The van der Waals surface area contributed by atoms with Gasteiger partial charge in [0.2, 0.25) is 0 Å². The molecule has 1 aromatic carbocycles. The molecule has 1 aromatic rings. The van der Waals surface area contributed by atoms with Crippen molar-refractivity contribution in [1.82, 2.24) is 0 Å². The van der Waals surface area contributed by atoms with E-state index < -0.39 is 6.10 Å². The smallest absolute Gasteiger partial charge is 0.0969 e. The molecule has 13 heavy (non-hydrogen) atoms. The van der Waals surface area contributed by atoms with Crippen molar-refractivity contribution in [3.8, 4) is 0 Å². The van der Waals surface area contributed by atoms with Crippen LogP contribution in [0.2, 0.25) is 0 Å². The summed E-state index contributed by atoms with van der Waals surface area (Å²) in [4.78, 5) is 0. The highest BCUT2D eigenvalue weighted by Gasteiger charge is 2.01. The third-order valence-electron chi connectivity index (χ3n) is 1.97. The van der Waals surface area contributed by atoms with Crippen molar-refractivity contribution in [3.05, 3.63) is 54.6 Å². The Labute approximate surface area is 79.0 Å². The number of hydrogen-bond acceptors (Lipinski definition) is 1. The van der Waals surface area contributed by atoms with Gasteiger partial charge >= 0.3 is 0 Å². The first-order chi connectivity index (χ1) is 6.15. The third kappa shape index (κ3) is 2.30. The number of allylic oxidation sites excluding steroid dienone is 1. The zero-order valence-corrected chi connectivity index (χ0v) is 7.83. The van der Waals surface area contributed by atoms with Gasteiger partial charge in [0.05, 0.1) is 6.10 Å². The van der Waals surface area contributed by atoms with Crippen molar-refractivity contribution in [2.24, 2.45) is 0 Å². The monoisotopic (exact) mass is 174 g/mol. The minimum absolute atomic E-state index is 0.570. The Morgan fingerprint density at radius 1 is 1.38 bits per heavy atom. The SMILES string of the molecule is C=CC(O)c1ccc(C(=C)C)cc1. The maximum atomic E-state index is 9.42. The maximum Gasteiger partial charge on any atom is 0.0969 e. The molecule has 0 heterocycles. The number of hydrogen-bond donors (Lipinski definition) is 1. The quantitative estimate of drug-likeness (QED) is 0.698. The van der Waals surface area contributed by atoms with Gasteiger partial charge in [0.25, 0.3) is 0 Å². The number of rotatable bonds is 3. The van der Waals surface area contributed by atoms with Gasteiger partial charge in [-0.25, -0.2) is 0 Å². The lowest BCUT2D eigenvalue weighted by atomic mass is 10.0. The van der Waals surface area contributed by atoms with Crippen LogP contribution in [0.4, 0.5) is 0 Å². The predicted octanol–water partition coefficient (Wildman–Crippen LogP) is 2.94. The molecule has 1 rings (SSSR count). The Hall–Kier alpha value is -1.34. The Balaban J connectivity index is 2.93. The summed E-state index contributed by atoms with van der Waals surface area (Å²) >= 11 is 0. The van der Waals surface area contributed by atoms with Gasteiger partial charge in [0.1, 0.15) is 0 Å². The van der Waals surface area contributed by atoms with Crippen LogP contribution in [0.3, 0.4) is 0 Å². The van der Waals surface area contributed by atoms with E-state index in [2.05, 4.69) is 13.2 Å². The summed E-state index contributed by atoms with van der Waals surface area (Å²) in [6.07, 6.45) is 0.939. The summed E-state index contributed by atoms with van der Waals surface area (Å²) in [5, 5.41) is 9.42. The molecule has 0 aliphatic heterocycles. The molecule has 1 nitrogen and oxygen atoms in total. The van der Waals surface area contributed by atoms with E-state index in [1.165, 1.54) is 6.08 Å². The molecule has 0 aliphatic rings. The zero-order valence-electron chi connectivity index (χ0n) is 7.83. The standard InChI is InChI=1S/C12H14O/c1-4-12(13)11-7-5-10(6-8-11)9(2)3/h4-8,12-13H,1-2H2,3H3. The van der Waals surface area contributed by atoms with Crippen LogP contribution in [0.5, 0.6) is 0 Å². The van der Waals surface area contributed by atoms with Crippen molar-refractivity contribution >= 4 is 5.57 Å². The van der Waals surface area contributed by atoms with Crippen LogP contribution in [0.15, 0.2) is 43.5 Å². The lowest BCUT2D eigenvalue weighted by Gasteiger charge is -2.06. The minimum atomic E-state index is -0.570. The molecule has 0 radical (unpaired) electrons. The molecule has 0 aliphatic carbocycles. The van der Waals surface area contributed by atoms with Gasteiger partial charge in [0, 0.05) is 0 Å². The van der Waals surface area contributed by atoms with Gasteiger partial charge in [-0.2, -0.15) is 0 Å². The van der Waals surface area contributed by atoms with Crippen molar-refractivity contribution in [1.29, 1.82) is 0 Å². The van der Waals surface area contributed by atoms with Gasteiger partial charge in [-0.1, -0.05) is 42.5 Å². The Kier molecular flexibility index (Phi) is 3.04. The Morgan fingerprint density at radius 3 is 2.31 bits per heavy atom. The number of aliphatic hydroxyl groups is 1. The summed E-state index contributed by atoms with van der Waals surface area (Å²) < 4.78 is 0. The molecule has 1 N–H and O–H groups in total. The van der Waals surface area contributed by atoms with Crippen LogP contribution >= 0.6 is 0 Å². The van der Waals surface area contributed by atoms with E-state index >= 15 is 0 Å². The normalized spacial score (nSPS) is 12.2. The van der Waals surface area contributed by atoms with Crippen LogP contribution in [-0.2, 0) is 0 Å². The summed E-state index contributed by atoms with van der Waals surface area (Å²) in [6, 6.07) is 7.67. The van der Waals surface area contributed by atoms with Gasteiger partial charge in [0.15, 0.2) is 0 Å². The first-order valence-corrected chi connectivity index (χ1v) is 4.21. The lowest BCUT2D eigenvalue weighted by molar-refractivity contribution is 0.229. The fraction of sp³-hybridized carbons (Fsp3) is 0.167. The van der Waals surface area contributed by atoms with E-state index in [-0.39, 0.29) is 0 Å². The average Bonchev–Trinajstić information content (AvgIpc) is 2.17. The molecule has 0 bridgehead atoms. The molecular weight excluding hydrogens is 160 g/mol. The highest BCUT2D eigenvalue weighted by Crippen LogP contribution is 2.17. The van der Waals surface area contributed by atoms with Gasteiger partial charge in [-0.3, -0.25) is 0 Å². The van der Waals surface area contributed by atoms with Gasteiger partial charge in [-0.05, 0) is 18.1 Å². The second kappa shape index (κ2) is 4.06. The van der Waals surface area contributed by atoms with Crippen molar-refractivity contribution in [2.75, 3.05) is 0 Å². The Morgan fingerprint density at radius 2 is 1.92 bits per heavy atom. The molecule has 1 heteroatoms. The predicted molar refractivity (Wildman–Crippen MR) is 56.3 cm³/mol. The summed E-state index contributed by atoms with van der Waals surface area (Å²) in [5.41, 5.74) is 2.99. The largest absolute Gasteiger partial charge is 0.384 e. The molecule has 1 unspecified atom stereocenters. The molecule has 0 aromatic heterocycles. The second-order valence-corrected chi connectivity index (χ2v) is 3.08. The molecule has 0 saturated carbocycles. The van der Waals surface area contributed by atoms with Crippen LogP contribution in [0, 0.1) is 0 Å². The minimum Gasteiger partial charge on any atom is -0.384 e. The van der Waals surface area contributed by atoms with Crippen LogP contribution < -0.4 is 0 Å². The van der Waals surface area contributed by atoms with E-state index in [1.54, 1.807) is 0 Å². The van der Waals surface area contributed by atoms with Crippen molar-refractivity contribution < 1.29 is 5.11 Å². The first-order valence-electron chi connectivity index (χ1n) is 4.21. The van der Waals surface area contributed by atoms with Crippen LogP contribution in [0.25, 0.3) is 5.57 Å². The first kappa shape index (κ1) is 9.75. The molecule has 0 fully saturated rings.